The molecule has 1 aromatic carbocycles. The highest BCUT2D eigenvalue weighted by Crippen LogP contribution is 2.25. The van der Waals surface area contributed by atoms with E-state index in [2.05, 4.69) is 29.1 Å². The maximum atomic E-state index is 13.0. The van der Waals surface area contributed by atoms with Gasteiger partial charge in [0.15, 0.2) is 4.77 Å². The average molecular weight is 431 g/mol. The van der Waals surface area contributed by atoms with E-state index in [1.165, 1.54) is 0 Å². The van der Waals surface area contributed by atoms with Gasteiger partial charge in [-0.25, -0.2) is 0 Å². The third-order valence-corrected chi connectivity index (χ3v) is 5.59. The van der Waals surface area contributed by atoms with Crippen molar-refractivity contribution < 1.29 is 9.53 Å². The van der Waals surface area contributed by atoms with Crippen molar-refractivity contribution in [2.24, 2.45) is 5.92 Å². The Morgan fingerprint density at radius 3 is 2.73 bits per heavy atom. The Labute approximate surface area is 180 Å². The fourth-order valence-electron chi connectivity index (χ4n) is 3.51. The third-order valence-electron chi connectivity index (χ3n) is 5.27. The Bertz CT molecular complexity index is 1140. The number of nitrogens with one attached hydrogen (secondary N) is 3. The number of nitrogens with zero attached hydrogens (tertiary/aromatic N) is 1. The van der Waals surface area contributed by atoms with Gasteiger partial charge in [-0.3, -0.25) is 14.2 Å². The summed E-state index contributed by atoms with van der Waals surface area (Å²) in [6.07, 6.45) is 3.96. The molecule has 0 aliphatic carbocycles. The first-order chi connectivity index (χ1) is 14.4. The van der Waals surface area contributed by atoms with Crippen molar-refractivity contribution in [3.05, 3.63) is 33.3 Å². The van der Waals surface area contributed by atoms with Gasteiger partial charge in [-0.2, -0.15) is 0 Å². The molecule has 3 rings (SSSR count). The van der Waals surface area contributed by atoms with Gasteiger partial charge in [0.1, 0.15) is 11.3 Å². The molecule has 0 saturated heterocycles. The molecule has 0 saturated carbocycles. The molecule has 0 aliphatic heterocycles. The molecule has 3 N–H and O–H groups in total. The quantitative estimate of drug-likeness (QED) is 0.331. The Kier molecular flexibility index (Phi) is 7.31. The summed E-state index contributed by atoms with van der Waals surface area (Å²) in [5, 5.41) is 3.83. The lowest BCUT2D eigenvalue weighted by molar-refractivity contribution is -0.121. The van der Waals surface area contributed by atoms with Crippen molar-refractivity contribution in [3.8, 4) is 5.75 Å². The number of rotatable bonds is 10. The average Bonchev–Trinajstić information content (AvgIpc) is 3.07. The number of aromatic amines is 2. The standard InChI is InChI=1S/C22H30N4O3S/c1-14(2)10-11-23-18(27)7-5-4-6-12-26-21(28)20-19(25-22(26)30)16-13-15(29-3)8-9-17(16)24-20/h8-9,13-14,24H,4-7,10-12H2,1-3H3,(H,23,27)(H,25,30). The summed E-state index contributed by atoms with van der Waals surface area (Å²) in [5.41, 5.74) is 1.94. The molecule has 0 fully saturated rings. The van der Waals surface area contributed by atoms with Crippen molar-refractivity contribution in [2.75, 3.05) is 13.7 Å². The van der Waals surface area contributed by atoms with Gasteiger partial charge < -0.3 is 20.0 Å². The Balaban J connectivity index is 1.62. The van der Waals surface area contributed by atoms with Crippen molar-refractivity contribution in [3.63, 3.8) is 0 Å². The van der Waals surface area contributed by atoms with E-state index in [-0.39, 0.29) is 11.5 Å². The SMILES string of the molecule is COc1ccc2[nH]c3c(=O)n(CCCCCC(=O)NCCC(C)C)c(=S)[nH]c3c2c1. The fourth-order valence-corrected chi connectivity index (χ4v) is 3.79. The van der Waals surface area contributed by atoms with Gasteiger partial charge in [0.25, 0.3) is 5.56 Å². The van der Waals surface area contributed by atoms with Crippen molar-refractivity contribution in [1.82, 2.24) is 19.9 Å². The van der Waals surface area contributed by atoms with Crippen LogP contribution >= 0.6 is 12.2 Å². The monoisotopic (exact) mass is 430 g/mol. The number of methoxy groups -OCH3 is 1. The molecule has 0 atom stereocenters. The van der Waals surface area contributed by atoms with Crippen LogP contribution in [0.2, 0.25) is 0 Å². The molecule has 3 aromatic rings. The van der Waals surface area contributed by atoms with E-state index in [4.69, 9.17) is 17.0 Å². The number of amides is 1. The number of aromatic nitrogens is 3. The molecule has 0 aliphatic rings. The molecule has 7 nitrogen and oxygen atoms in total. The van der Waals surface area contributed by atoms with Crippen LogP contribution in [0.15, 0.2) is 23.0 Å². The lowest BCUT2D eigenvalue weighted by Gasteiger charge is -2.08. The molecule has 0 spiro atoms. The summed E-state index contributed by atoms with van der Waals surface area (Å²) in [6.45, 7) is 5.54. The van der Waals surface area contributed by atoms with Crippen LogP contribution in [0.25, 0.3) is 21.9 Å². The molecule has 2 aromatic heterocycles. The summed E-state index contributed by atoms with van der Waals surface area (Å²) in [6, 6.07) is 5.63. The maximum absolute atomic E-state index is 13.0. The van der Waals surface area contributed by atoms with Crippen LogP contribution in [0, 0.1) is 10.7 Å². The zero-order valence-corrected chi connectivity index (χ0v) is 18.7. The minimum absolute atomic E-state index is 0.0973. The fraction of sp³-hybridized carbons (Fsp3) is 0.500. The number of ether oxygens (including phenoxy) is 1. The number of unbranched alkanes of at least 4 members (excludes halogenated alkanes) is 2. The summed E-state index contributed by atoms with van der Waals surface area (Å²) in [7, 11) is 1.61. The molecule has 1 amide bonds. The Morgan fingerprint density at radius 1 is 1.20 bits per heavy atom. The first-order valence-corrected chi connectivity index (χ1v) is 10.9. The molecule has 0 radical (unpaired) electrons. The van der Waals surface area contributed by atoms with Gasteiger partial charge in [0.2, 0.25) is 5.91 Å². The molecular formula is C22H30N4O3S. The number of H-pyrrole nitrogens is 2. The second-order valence-corrected chi connectivity index (χ2v) is 8.40. The lowest BCUT2D eigenvalue weighted by atomic mass is 10.1. The predicted octanol–water partition coefficient (Wildman–Crippen LogP) is 4.27. The third kappa shape index (κ3) is 5.11. The smallest absolute Gasteiger partial charge is 0.278 e. The van der Waals surface area contributed by atoms with E-state index in [9.17, 15) is 9.59 Å². The Hall–Kier alpha value is -2.61. The van der Waals surface area contributed by atoms with Gasteiger partial charge in [-0.1, -0.05) is 20.3 Å². The minimum atomic E-state index is -0.129. The van der Waals surface area contributed by atoms with Gasteiger partial charge in [0.05, 0.1) is 12.6 Å². The van der Waals surface area contributed by atoms with Gasteiger partial charge in [-0.15, -0.1) is 0 Å². The minimum Gasteiger partial charge on any atom is -0.497 e. The number of hydrogen-bond acceptors (Lipinski definition) is 4. The van der Waals surface area contributed by atoms with Gasteiger partial charge in [-0.05, 0) is 55.6 Å². The summed E-state index contributed by atoms with van der Waals surface area (Å²) in [4.78, 5) is 31.2. The van der Waals surface area contributed by atoms with Crippen LogP contribution in [0.4, 0.5) is 0 Å². The van der Waals surface area contributed by atoms with Crippen LogP contribution in [-0.2, 0) is 11.3 Å². The van der Waals surface area contributed by atoms with Gasteiger partial charge in [0, 0.05) is 30.4 Å². The van der Waals surface area contributed by atoms with Crippen LogP contribution in [0.5, 0.6) is 5.75 Å². The topological polar surface area (TPSA) is 91.9 Å². The van der Waals surface area contributed by atoms with Crippen LogP contribution in [-0.4, -0.2) is 34.1 Å². The molecule has 0 bridgehead atoms. The first-order valence-electron chi connectivity index (χ1n) is 10.5. The molecule has 0 unspecified atom stereocenters. The van der Waals surface area contributed by atoms with E-state index >= 15 is 0 Å². The van der Waals surface area contributed by atoms with E-state index in [1.807, 2.05) is 18.2 Å². The highest BCUT2D eigenvalue weighted by Gasteiger charge is 2.12. The van der Waals surface area contributed by atoms with Crippen molar-refractivity contribution in [1.29, 1.82) is 0 Å². The van der Waals surface area contributed by atoms with Crippen molar-refractivity contribution in [2.45, 2.75) is 52.5 Å². The molecule has 2 heterocycles. The Morgan fingerprint density at radius 2 is 2.00 bits per heavy atom. The zero-order chi connectivity index (χ0) is 21.7. The van der Waals surface area contributed by atoms with E-state index in [0.29, 0.717) is 34.7 Å². The van der Waals surface area contributed by atoms with Crippen LogP contribution in [0.3, 0.4) is 0 Å². The maximum Gasteiger partial charge on any atom is 0.278 e. The first kappa shape index (κ1) is 22.1. The molecule has 162 valence electrons. The van der Waals surface area contributed by atoms with E-state index in [1.54, 1.807) is 11.7 Å². The highest BCUT2D eigenvalue weighted by atomic mass is 32.1. The van der Waals surface area contributed by atoms with E-state index in [0.717, 1.165) is 48.9 Å². The zero-order valence-electron chi connectivity index (χ0n) is 17.8. The molecule has 8 heteroatoms. The largest absolute Gasteiger partial charge is 0.497 e. The van der Waals surface area contributed by atoms with Gasteiger partial charge >= 0.3 is 0 Å². The number of fused-ring (bicyclic) bond motifs is 3. The lowest BCUT2D eigenvalue weighted by Crippen LogP contribution is -2.25. The number of benzene rings is 1. The van der Waals surface area contributed by atoms with E-state index < -0.39 is 0 Å². The number of carbonyl (C=O) groups excluding carboxylic acids is 1. The predicted molar refractivity (Wildman–Crippen MR) is 123 cm³/mol. The summed E-state index contributed by atoms with van der Waals surface area (Å²) in [5.74, 6) is 1.41. The van der Waals surface area contributed by atoms with Crippen molar-refractivity contribution >= 4 is 40.1 Å². The normalized spacial score (nSPS) is 11.5. The van der Waals surface area contributed by atoms with Crippen LogP contribution in [0.1, 0.15) is 46.0 Å². The number of hydrogen-bond donors (Lipinski definition) is 3. The molecule has 30 heavy (non-hydrogen) atoms. The molecular weight excluding hydrogens is 400 g/mol. The summed E-state index contributed by atoms with van der Waals surface area (Å²) >= 11 is 5.44. The number of carbonyl (C=O) groups is 1. The second-order valence-electron chi connectivity index (χ2n) is 8.02. The highest BCUT2D eigenvalue weighted by molar-refractivity contribution is 7.71. The summed E-state index contributed by atoms with van der Waals surface area (Å²) < 4.78 is 7.28. The van der Waals surface area contributed by atoms with Crippen LogP contribution < -0.4 is 15.6 Å². The second kappa shape index (κ2) is 9.93.